The molecule has 0 unspecified atom stereocenters. The van der Waals surface area contributed by atoms with Crippen LogP contribution in [0.15, 0.2) is 12.4 Å². The standard InChI is InChI=1S/C10H14Cl2N2O/c1-10(2,5-15)9(13)8-6(11)3-14-4-7(8)12/h3-4,9,15H,5,13H2,1-2H3/t9-/m1/s1. The Balaban J connectivity index is 3.16. The van der Waals surface area contributed by atoms with Crippen molar-refractivity contribution in [2.45, 2.75) is 19.9 Å². The lowest BCUT2D eigenvalue weighted by Gasteiger charge is -2.30. The second kappa shape index (κ2) is 4.66. The van der Waals surface area contributed by atoms with Crippen molar-refractivity contribution >= 4 is 23.2 Å². The van der Waals surface area contributed by atoms with Crippen molar-refractivity contribution < 1.29 is 5.11 Å². The van der Waals surface area contributed by atoms with Gasteiger partial charge in [-0.25, -0.2) is 0 Å². The SMILES string of the molecule is CC(C)(CO)[C@H](N)c1c(Cl)cncc1Cl. The van der Waals surface area contributed by atoms with Crippen LogP contribution >= 0.6 is 23.2 Å². The third-order valence-corrected chi connectivity index (χ3v) is 3.05. The molecule has 1 atom stereocenters. The van der Waals surface area contributed by atoms with Crippen molar-refractivity contribution in [3.63, 3.8) is 0 Å². The molecule has 0 radical (unpaired) electrons. The molecule has 5 heteroatoms. The van der Waals surface area contributed by atoms with Crippen LogP contribution in [-0.2, 0) is 0 Å². The predicted octanol–water partition coefficient (Wildman–Crippen LogP) is 2.41. The van der Waals surface area contributed by atoms with E-state index in [4.69, 9.17) is 28.9 Å². The lowest BCUT2D eigenvalue weighted by atomic mass is 9.82. The molecule has 0 saturated carbocycles. The average molecular weight is 249 g/mol. The first-order valence-corrected chi connectivity index (χ1v) is 5.31. The largest absolute Gasteiger partial charge is 0.396 e. The molecule has 3 N–H and O–H groups in total. The first-order valence-electron chi connectivity index (χ1n) is 4.55. The van der Waals surface area contributed by atoms with E-state index in [2.05, 4.69) is 4.98 Å². The van der Waals surface area contributed by atoms with E-state index in [-0.39, 0.29) is 6.61 Å². The van der Waals surface area contributed by atoms with E-state index >= 15 is 0 Å². The summed E-state index contributed by atoms with van der Waals surface area (Å²) in [7, 11) is 0. The Morgan fingerprint density at radius 2 is 1.87 bits per heavy atom. The van der Waals surface area contributed by atoms with Gasteiger partial charge >= 0.3 is 0 Å². The van der Waals surface area contributed by atoms with Crippen molar-refractivity contribution in [2.24, 2.45) is 11.1 Å². The van der Waals surface area contributed by atoms with Crippen LogP contribution in [0.25, 0.3) is 0 Å². The summed E-state index contributed by atoms with van der Waals surface area (Å²) >= 11 is 12.0. The average Bonchev–Trinajstić information content (AvgIpc) is 2.17. The molecule has 0 aromatic carbocycles. The molecular formula is C10H14Cl2N2O. The Morgan fingerprint density at radius 3 is 2.27 bits per heavy atom. The van der Waals surface area contributed by atoms with E-state index < -0.39 is 11.5 Å². The minimum absolute atomic E-state index is 0.0385. The number of nitrogens with zero attached hydrogens (tertiary/aromatic N) is 1. The number of hydrogen-bond donors (Lipinski definition) is 2. The zero-order valence-electron chi connectivity index (χ0n) is 8.67. The quantitative estimate of drug-likeness (QED) is 0.864. The van der Waals surface area contributed by atoms with E-state index in [1.807, 2.05) is 13.8 Å². The minimum Gasteiger partial charge on any atom is -0.396 e. The highest BCUT2D eigenvalue weighted by atomic mass is 35.5. The number of pyridine rings is 1. The van der Waals surface area contributed by atoms with Gasteiger partial charge in [0, 0.05) is 36.0 Å². The smallest absolute Gasteiger partial charge is 0.0652 e. The Kier molecular flexibility index (Phi) is 3.95. The molecule has 0 spiro atoms. The number of hydrogen-bond acceptors (Lipinski definition) is 3. The van der Waals surface area contributed by atoms with Gasteiger partial charge in [0.1, 0.15) is 0 Å². The lowest BCUT2D eigenvalue weighted by Crippen LogP contribution is -2.32. The molecule has 15 heavy (non-hydrogen) atoms. The summed E-state index contributed by atoms with van der Waals surface area (Å²) in [5.41, 5.74) is 6.18. The molecule has 0 bridgehead atoms. The molecule has 1 heterocycles. The van der Waals surface area contributed by atoms with Gasteiger partial charge in [0.2, 0.25) is 0 Å². The normalized spacial score (nSPS) is 14.0. The first-order chi connectivity index (χ1) is 6.90. The highest BCUT2D eigenvalue weighted by Crippen LogP contribution is 2.37. The van der Waals surface area contributed by atoms with Crippen LogP contribution in [0.1, 0.15) is 25.5 Å². The van der Waals surface area contributed by atoms with E-state index in [1.54, 1.807) is 0 Å². The summed E-state index contributed by atoms with van der Waals surface area (Å²) < 4.78 is 0. The number of aliphatic hydroxyl groups excluding tert-OH is 1. The maximum absolute atomic E-state index is 9.23. The van der Waals surface area contributed by atoms with E-state index in [1.165, 1.54) is 12.4 Å². The number of aliphatic hydroxyl groups is 1. The van der Waals surface area contributed by atoms with Crippen LogP contribution in [0.4, 0.5) is 0 Å². The molecule has 0 aliphatic heterocycles. The van der Waals surface area contributed by atoms with Crippen LogP contribution in [0.5, 0.6) is 0 Å². The van der Waals surface area contributed by atoms with Gasteiger partial charge in [0.15, 0.2) is 0 Å². The maximum atomic E-state index is 9.23. The topological polar surface area (TPSA) is 59.1 Å². The summed E-state index contributed by atoms with van der Waals surface area (Å²) in [6, 6.07) is -0.425. The van der Waals surface area contributed by atoms with Crippen molar-refractivity contribution in [1.29, 1.82) is 0 Å². The van der Waals surface area contributed by atoms with Gasteiger partial charge in [-0.05, 0) is 0 Å². The molecule has 84 valence electrons. The fourth-order valence-corrected chi connectivity index (χ4v) is 1.81. The van der Waals surface area contributed by atoms with Crippen LogP contribution in [0.2, 0.25) is 10.0 Å². The predicted molar refractivity (Wildman–Crippen MR) is 62.1 cm³/mol. The molecule has 3 nitrogen and oxygen atoms in total. The Hall–Kier alpha value is -0.350. The van der Waals surface area contributed by atoms with Crippen molar-refractivity contribution in [1.82, 2.24) is 4.98 Å². The van der Waals surface area contributed by atoms with Crippen LogP contribution < -0.4 is 5.73 Å². The molecule has 0 amide bonds. The molecule has 0 aliphatic rings. The zero-order valence-corrected chi connectivity index (χ0v) is 10.2. The fourth-order valence-electron chi connectivity index (χ4n) is 1.21. The molecule has 1 aromatic rings. The third kappa shape index (κ3) is 2.61. The molecule has 1 rings (SSSR count). The van der Waals surface area contributed by atoms with Gasteiger partial charge in [0.05, 0.1) is 10.0 Å². The summed E-state index contributed by atoms with van der Waals surface area (Å²) in [5, 5.41) is 10.1. The van der Waals surface area contributed by atoms with Crippen LogP contribution in [0, 0.1) is 5.41 Å². The van der Waals surface area contributed by atoms with Crippen molar-refractivity contribution in [2.75, 3.05) is 6.61 Å². The molecular weight excluding hydrogens is 235 g/mol. The second-order valence-electron chi connectivity index (χ2n) is 4.14. The van der Waals surface area contributed by atoms with Gasteiger partial charge in [-0.15, -0.1) is 0 Å². The molecule has 1 aromatic heterocycles. The van der Waals surface area contributed by atoms with E-state index in [0.29, 0.717) is 15.6 Å². The van der Waals surface area contributed by atoms with Crippen LogP contribution in [-0.4, -0.2) is 16.7 Å². The fraction of sp³-hybridized carbons (Fsp3) is 0.500. The zero-order chi connectivity index (χ0) is 11.6. The van der Waals surface area contributed by atoms with Crippen LogP contribution in [0.3, 0.4) is 0 Å². The lowest BCUT2D eigenvalue weighted by molar-refractivity contribution is 0.132. The summed E-state index contributed by atoms with van der Waals surface area (Å²) in [4.78, 5) is 3.85. The highest BCUT2D eigenvalue weighted by Gasteiger charge is 2.30. The van der Waals surface area contributed by atoms with E-state index in [9.17, 15) is 5.11 Å². The first kappa shape index (κ1) is 12.7. The molecule has 0 aliphatic carbocycles. The number of aromatic nitrogens is 1. The number of nitrogens with two attached hydrogens (primary N) is 1. The summed E-state index contributed by atoms with van der Waals surface area (Å²) in [6.07, 6.45) is 2.99. The Labute approximate surface area is 99.2 Å². The van der Waals surface area contributed by atoms with Gasteiger partial charge in [0.25, 0.3) is 0 Å². The maximum Gasteiger partial charge on any atom is 0.0652 e. The highest BCUT2D eigenvalue weighted by molar-refractivity contribution is 6.35. The van der Waals surface area contributed by atoms with Gasteiger partial charge in [-0.2, -0.15) is 0 Å². The van der Waals surface area contributed by atoms with Gasteiger partial charge in [-0.3, -0.25) is 4.98 Å². The summed E-state index contributed by atoms with van der Waals surface area (Å²) in [6.45, 7) is 3.67. The Bertz CT molecular complexity index is 335. The number of rotatable bonds is 3. The third-order valence-electron chi connectivity index (χ3n) is 2.45. The second-order valence-corrected chi connectivity index (χ2v) is 4.96. The van der Waals surface area contributed by atoms with E-state index in [0.717, 1.165) is 0 Å². The number of halogens is 2. The van der Waals surface area contributed by atoms with Gasteiger partial charge < -0.3 is 10.8 Å². The van der Waals surface area contributed by atoms with Gasteiger partial charge in [-0.1, -0.05) is 37.0 Å². The monoisotopic (exact) mass is 248 g/mol. The Morgan fingerprint density at radius 1 is 1.40 bits per heavy atom. The summed E-state index contributed by atoms with van der Waals surface area (Å²) in [5.74, 6) is 0. The minimum atomic E-state index is -0.478. The molecule has 0 saturated heterocycles. The van der Waals surface area contributed by atoms with Crippen molar-refractivity contribution in [3.05, 3.63) is 28.0 Å². The molecule has 0 fully saturated rings. The van der Waals surface area contributed by atoms with Crippen molar-refractivity contribution in [3.8, 4) is 0 Å².